The summed E-state index contributed by atoms with van der Waals surface area (Å²) in [6.45, 7) is -0.381. The minimum absolute atomic E-state index is 0.312. The SMILES string of the molecule is CC(=O)CC(=O)O.OCC(CO)(CO)CO. The molecular formula is C9H18O7. The molecule has 0 heterocycles. The van der Waals surface area contributed by atoms with E-state index >= 15 is 0 Å². The minimum Gasteiger partial charge on any atom is -0.481 e. The number of carboxylic acids is 1. The van der Waals surface area contributed by atoms with Gasteiger partial charge in [0.2, 0.25) is 0 Å². The fourth-order valence-corrected chi connectivity index (χ4v) is 0.513. The summed E-state index contributed by atoms with van der Waals surface area (Å²) in [7, 11) is 0. The molecule has 5 N–H and O–H groups in total. The zero-order valence-electron chi connectivity index (χ0n) is 9.09. The molecule has 0 aromatic carbocycles. The first-order valence-electron chi connectivity index (χ1n) is 4.52. The molecule has 16 heavy (non-hydrogen) atoms. The standard InChI is InChI=1S/C5H12O4.C4H6O3/c6-1-5(2-7,3-8)4-9;1-3(5)2-4(6)7/h6-9H,1-4H2;2H2,1H3,(H,6,7). The topological polar surface area (TPSA) is 135 Å². The molecule has 0 aliphatic carbocycles. The Hall–Kier alpha value is -1.02. The molecule has 0 bridgehead atoms. The number of carbonyl (C=O) groups excluding carboxylic acids is 1. The van der Waals surface area contributed by atoms with Crippen LogP contribution < -0.4 is 0 Å². The number of hydrogen-bond donors (Lipinski definition) is 5. The second-order valence-electron chi connectivity index (χ2n) is 3.40. The van der Waals surface area contributed by atoms with Crippen molar-refractivity contribution in [3.8, 4) is 0 Å². The molecule has 0 amide bonds. The minimum atomic E-state index is -1.11. The highest BCUT2D eigenvalue weighted by atomic mass is 16.4. The van der Waals surface area contributed by atoms with Crippen molar-refractivity contribution in [2.75, 3.05) is 26.4 Å². The summed E-state index contributed by atoms with van der Waals surface area (Å²) in [5, 5.41) is 41.8. The quantitative estimate of drug-likeness (QED) is 0.337. The van der Waals surface area contributed by atoms with Gasteiger partial charge in [0.05, 0.1) is 31.8 Å². The summed E-state index contributed by atoms with van der Waals surface area (Å²) in [6, 6.07) is 0. The number of rotatable bonds is 6. The van der Waals surface area contributed by atoms with Crippen LogP contribution in [-0.4, -0.2) is 63.7 Å². The lowest BCUT2D eigenvalue weighted by Crippen LogP contribution is -2.37. The van der Waals surface area contributed by atoms with Crippen molar-refractivity contribution >= 4 is 11.8 Å². The van der Waals surface area contributed by atoms with Crippen LogP contribution in [0.1, 0.15) is 13.3 Å². The summed E-state index contributed by atoms with van der Waals surface area (Å²) < 4.78 is 0. The van der Waals surface area contributed by atoms with E-state index in [1.807, 2.05) is 0 Å². The van der Waals surface area contributed by atoms with E-state index in [1.165, 1.54) is 6.92 Å². The monoisotopic (exact) mass is 238 g/mol. The normalized spacial score (nSPS) is 10.3. The van der Waals surface area contributed by atoms with Crippen LogP contribution in [0.4, 0.5) is 0 Å². The molecule has 7 heteroatoms. The van der Waals surface area contributed by atoms with Gasteiger partial charge in [0.15, 0.2) is 0 Å². The first-order valence-corrected chi connectivity index (χ1v) is 4.52. The van der Waals surface area contributed by atoms with Crippen LogP contribution in [0.25, 0.3) is 0 Å². The van der Waals surface area contributed by atoms with E-state index < -0.39 is 37.8 Å². The van der Waals surface area contributed by atoms with E-state index in [1.54, 1.807) is 0 Å². The Labute approximate surface area is 93.0 Å². The van der Waals surface area contributed by atoms with Gasteiger partial charge in [-0.2, -0.15) is 0 Å². The smallest absolute Gasteiger partial charge is 0.310 e. The van der Waals surface area contributed by atoms with Gasteiger partial charge in [0.1, 0.15) is 12.2 Å². The fourth-order valence-electron chi connectivity index (χ4n) is 0.513. The first kappa shape index (κ1) is 17.4. The summed E-state index contributed by atoms with van der Waals surface area (Å²) in [5.74, 6) is -1.37. The summed E-state index contributed by atoms with van der Waals surface area (Å²) >= 11 is 0. The molecule has 0 saturated carbocycles. The molecule has 0 fully saturated rings. The number of aliphatic hydroxyl groups excluding tert-OH is 4. The predicted octanol–water partition coefficient (Wildman–Crippen LogP) is -2.01. The van der Waals surface area contributed by atoms with Crippen molar-refractivity contribution in [2.24, 2.45) is 5.41 Å². The zero-order chi connectivity index (χ0) is 13.2. The van der Waals surface area contributed by atoms with Crippen molar-refractivity contribution in [3.63, 3.8) is 0 Å². The maximum atomic E-state index is 9.87. The van der Waals surface area contributed by atoms with Crippen LogP contribution in [0.3, 0.4) is 0 Å². The van der Waals surface area contributed by atoms with Crippen molar-refractivity contribution in [1.82, 2.24) is 0 Å². The molecule has 0 aliphatic rings. The lowest BCUT2D eigenvalue weighted by molar-refractivity contribution is -0.139. The van der Waals surface area contributed by atoms with Crippen LogP contribution >= 0.6 is 0 Å². The molecule has 0 unspecified atom stereocenters. The van der Waals surface area contributed by atoms with E-state index in [4.69, 9.17) is 25.5 Å². The Morgan fingerprint density at radius 1 is 0.938 bits per heavy atom. The number of aliphatic hydroxyl groups is 4. The van der Waals surface area contributed by atoms with Crippen LogP contribution in [0.2, 0.25) is 0 Å². The van der Waals surface area contributed by atoms with Crippen molar-refractivity contribution in [1.29, 1.82) is 0 Å². The average Bonchev–Trinajstić information content (AvgIpc) is 2.21. The lowest BCUT2D eigenvalue weighted by atomic mass is 9.93. The first-order chi connectivity index (χ1) is 7.37. The molecule has 0 radical (unpaired) electrons. The largest absolute Gasteiger partial charge is 0.481 e. The summed E-state index contributed by atoms with van der Waals surface area (Å²) in [6.07, 6.45) is -0.361. The van der Waals surface area contributed by atoms with E-state index in [-0.39, 0.29) is 12.2 Å². The molecule has 0 aliphatic heterocycles. The highest BCUT2D eigenvalue weighted by Crippen LogP contribution is 2.11. The van der Waals surface area contributed by atoms with Gasteiger partial charge in [-0.3, -0.25) is 9.59 Å². The van der Waals surface area contributed by atoms with E-state index in [9.17, 15) is 9.59 Å². The van der Waals surface area contributed by atoms with E-state index in [0.717, 1.165) is 0 Å². The Morgan fingerprint density at radius 2 is 1.25 bits per heavy atom. The van der Waals surface area contributed by atoms with Gasteiger partial charge in [0, 0.05) is 0 Å². The third-order valence-corrected chi connectivity index (χ3v) is 1.74. The Bertz CT molecular complexity index is 180. The predicted molar refractivity (Wildman–Crippen MR) is 53.7 cm³/mol. The summed E-state index contributed by atoms with van der Waals surface area (Å²) in [4.78, 5) is 19.5. The van der Waals surface area contributed by atoms with Crippen molar-refractivity contribution in [2.45, 2.75) is 13.3 Å². The van der Waals surface area contributed by atoms with E-state index in [2.05, 4.69) is 0 Å². The molecule has 0 spiro atoms. The maximum absolute atomic E-state index is 9.87. The van der Waals surface area contributed by atoms with Gasteiger partial charge in [0.25, 0.3) is 0 Å². The maximum Gasteiger partial charge on any atom is 0.310 e. The molecule has 7 nitrogen and oxygen atoms in total. The van der Waals surface area contributed by atoms with Crippen LogP contribution in [-0.2, 0) is 9.59 Å². The van der Waals surface area contributed by atoms with Crippen LogP contribution in [0.5, 0.6) is 0 Å². The van der Waals surface area contributed by atoms with Crippen molar-refractivity contribution in [3.05, 3.63) is 0 Å². The Kier molecular flexibility index (Phi) is 10.0. The van der Waals surface area contributed by atoms with E-state index in [0.29, 0.717) is 0 Å². The van der Waals surface area contributed by atoms with Gasteiger partial charge in [-0.1, -0.05) is 0 Å². The second-order valence-corrected chi connectivity index (χ2v) is 3.40. The molecular weight excluding hydrogens is 220 g/mol. The fraction of sp³-hybridized carbons (Fsp3) is 0.778. The molecule has 0 saturated heterocycles. The van der Waals surface area contributed by atoms with Crippen LogP contribution in [0, 0.1) is 5.41 Å². The number of ketones is 1. The number of aliphatic carboxylic acids is 1. The Morgan fingerprint density at radius 3 is 1.25 bits per heavy atom. The van der Waals surface area contributed by atoms with Crippen LogP contribution in [0.15, 0.2) is 0 Å². The third-order valence-electron chi connectivity index (χ3n) is 1.74. The summed E-state index contributed by atoms with van der Waals surface area (Å²) in [5.41, 5.74) is -1.11. The number of carbonyl (C=O) groups is 2. The molecule has 0 aromatic rings. The Balaban J connectivity index is 0. The van der Waals surface area contributed by atoms with Gasteiger partial charge in [-0.15, -0.1) is 0 Å². The number of carboxylic acid groups (broad SMARTS) is 1. The molecule has 0 aromatic heterocycles. The lowest BCUT2D eigenvalue weighted by Gasteiger charge is -2.23. The van der Waals surface area contributed by atoms with Gasteiger partial charge in [-0.25, -0.2) is 0 Å². The second kappa shape index (κ2) is 9.22. The molecule has 0 rings (SSSR count). The van der Waals surface area contributed by atoms with Gasteiger partial charge in [-0.05, 0) is 6.92 Å². The highest BCUT2D eigenvalue weighted by Gasteiger charge is 2.26. The van der Waals surface area contributed by atoms with Crippen molar-refractivity contribution < 1.29 is 35.1 Å². The number of Topliss-reactive ketones (excluding diaryl/α,β-unsaturated/α-hetero) is 1. The zero-order valence-corrected chi connectivity index (χ0v) is 9.09. The van der Waals surface area contributed by atoms with Gasteiger partial charge >= 0.3 is 5.97 Å². The average molecular weight is 238 g/mol. The van der Waals surface area contributed by atoms with Gasteiger partial charge < -0.3 is 25.5 Å². The molecule has 0 atom stereocenters. The number of hydrogen-bond acceptors (Lipinski definition) is 6. The highest BCUT2D eigenvalue weighted by molar-refractivity contribution is 5.93. The third kappa shape index (κ3) is 8.30. The molecule has 96 valence electrons.